The number of hydrogen-bond acceptors (Lipinski definition) is 4. The van der Waals surface area contributed by atoms with Gasteiger partial charge in [-0.3, -0.25) is 0 Å². The van der Waals surface area contributed by atoms with Crippen molar-refractivity contribution in [2.75, 3.05) is 0 Å². The lowest BCUT2D eigenvalue weighted by atomic mass is 10.1. The van der Waals surface area contributed by atoms with Crippen LogP contribution in [0.4, 0.5) is 5.13 Å². The van der Waals surface area contributed by atoms with E-state index in [0.717, 1.165) is 47.7 Å². The third kappa shape index (κ3) is 4.55. The van der Waals surface area contributed by atoms with Crippen molar-refractivity contribution in [1.29, 1.82) is 0 Å². The van der Waals surface area contributed by atoms with Crippen molar-refractivity contribution < 1.29 is 9.67 Å². The number of rotatable bonds is 5. The van der Waals surface area contributed by atoms with Gasteiger partial charge < -0.3 is 5.11 Å². The van der Waals surface area contributed by atoms with Crippen LogP contribution in [0.15, 0.2) is 65.1 Å². The maximum absolute atomic E-state index is 12.7. The first-order valence-electron chi connectivity index (χ1n) is 9.91. The van der Waals surface area contributed by atoms with Crippen LogP contribution in [0.25, 0.3) is 22.5 Å². The summed E-state index contributed by atoms with van der Waals surface area (Å²) in [5, 5.41) is 16.1. The van der Waals surface area contributed by atoms with Gasteiger partial charge in [-0.2, -0.15) is 0 Å². The Morgan fingerprint density at radius 3 is 2.72 bits per heavy atom. The number of benzene rings is 2. The Labute approximate surface area is 206 Å². The number of hydrogen-bond donors (Lipinski definition) is 0. The summed E-state index contributed by atoms with van der Waals surface area (Å²) in [6.07, 6.45) is 3.96. The Morgan fingerprint density at radius 1 is 1.12 bits per heavy atom. The maximum Gasteiger partial charge on any atom is 0.257 e. The van der Waals surface area contributed by atoms with E-state index in [1.54, 1.807) is 6.07 Å². The number of fused-ring (bicyclic) bond motifs is 1. The van der Waals surface area contributed by atoms with Crippen molar-refractivity contribution in [1.82, 2.24) is 9.55 Å². The van der Waals surface area contributed by atoms with Crippen molar-refractivity contribution in [2.45, 2.75) is 25.9 Å². The number of aliphatic imine (C=N–C) groups is 1. The maximum atomic E-state index is 12.7. The summed E-state index contributed by atoms with van der Waals surface area (Å²) in [6.45, 7) is 1.09. The number of nitrogens with zero attached hydrogens (tertiary/aromatic N) is 4. The summed E-state index contributed by atoms with van der Waals surface area (Å²) < 4.78 is 4.23. The minimum atomic E-state index is -0.222. The van der Waals surface area contributed by atoms with Crippen molar-refractivity contribution in [2.24, 2.45) is 4.99 Å². The molecule has 0 radical (unpaired) electrons. The lowest BCUT2D eigenvalue weighted by Gasteiger charge is -2.07. The van der Waals surface area contributed by atoms with Crippen LogP contribution in [0, 0.1) is 0 Å². The molecule has 0 saturated carbocycles. The zero-order chi connectivity index (χ0) is 21.4. The molecule has 0 saturated heterocycles. The molecular weight excluding hydrogens is 487 g/mol. The largest absolute Gasteiger partial charge is 0.859 e. The van der Waals surface area contributed by atoms with Crippen molar-refractivity contribution in [3.05, 3.63) is 76.0 Å². The number of aromatic nitrogens is 3. The lowest BCUT2D eigenvalue weighted by Crippen LogP contribution is -2.43. The molecule has 164 valence electrons. The third-order valence-electron chi connectivity index (χ3n) is 5.30. The molecule has 0 N–H and O–H groups in total. The molecule has 5 nitrogen and oxygen atoms in total. The fourth-order valence-corrected chi connectivity index (χ4v) is 4.89. The highest BCUT2D eigenvalue weighted by Crippen LogP contribution is 2.31. The normalized spacial score (nSPS) is 13.1. The van der Waals surface area contributed by atoms with Crippen LogP contribution in [0.2, 0.25) is 10.0 Å². The Balaban J connectivity index is 0.00000245. The molecule has 2 aromatic heterocycles. The van der Waals surface area contributed by atoms with Gasteiger partial charge in [-0.25, -0.2) is 19.1 Å². The van der Waals surface area contributed by atoms with Crippen LogP contribution in [0.5, 0.6) is 0 Å². The molecule has 32 heavy (non-hydrogen) atoms. The molecule has 0 bridgehead atoms. The molecule has 0 unspecified atom stereocenters. The molecular formula is C23H19Cl3N4OS. The molecule has 4 aromatic rings. The van der Waals surface area contributed by atoms with Crippen LogP contribution in [0.1, 0.15) is 12.2 Å². The minimum absolute atomic E-state index is 0. The fourth-order valence-electron chi connectivity index (χ4n) is 3.88. The molecule has 0 amide bonds. The summed E-state index contributed by atoms with van der Waals surface area (Å²) in [4.78, 5) is 8.73. The highest BCUT2D eigenvalue weighted by atomic mass is 35.5. The molecule has 0 atom stereocenters. The summed E-state index contributed by atoms with van der Waals surface area (Å²) in [6, 6.07) is 15.5. The quantitative estimate of drug-likeness (QED) is 0.209. The zero-order valence-corrected chi connectivity index (χ0v) is 20.0. The van der Waals surface area contributed by atoms with E-state index in [1.807, 2.05) is 58.6 Å². The summed E-state index contributed by atoms with van der Waals surface area (Å²) in [5.74, 6) is 0.897. The van der Waals surface area contributed by atoms with Crippen molar-refractivity contribution in [3.8, 4) is 22.5 Å². The molecule has 0 spiro atoms. The van der Waals surface area contributed by atoms with E-state index in [-0.39, 0.29) is 24.8 Å². The average Bonchev–Trinajstić information content (AvgIpc) is 3.49. The Bertz CT molecular complexity index is 1280. The van der Waals surface area contributed by atoms with Gasteiger partial charge in [0.05, 0.1) is 28.7 Å². The van der Waals surface area contributed by atoms with Crippen LogP contribution < -0.4 is 9.67 Å². The smallest absolute Gasteiger partial charge is 0.257 e. The van der Waals surface area contributed by atoms with E-state index in [1.165, 1.54) is 11.3 Å². The fraction of sp³-hybridized carbons (Fsp3) is 0.174. The molecule has 5 rings (SSSR count). The standard InChI is InChI=1S/C23H18Cl2N4OS.ClH/c24-17-9-8-16(11-18(17)25)20-12-28(22-7-4-10-29(20)22)13-21(30)27-23-26-19(14-31-23)15-5-2-1-3-6-15;/h1-3,5-6,8-9,11-12,14H,4,7,10,13H2;1H. The van der Waals surface area contributed by atoms with Crippen LogP contribution in [-0.2, 0) is 19.5 Å². The molecule has 1 aliphatic rings. The average molecular weight is 506 g/mol. The molecule has 2 aromatic carbocycles. The molecule has 1 aliphatic heterocycles. The van der Waals surface area contributed by atoms with E-state index in [4.69, 9.17) is 23.2 Å². The van der Waals surface area contributed by atoms with Crippen LogP contribution in [-0.4, -0.2) is 15.4 Å². The number of halogens is 3. The molecule has 0 aliphatic carbocycles. The molecule has 3 heterocycles. The monoisotopic (exact) mass is 504 g/mol. The van der Waals surface area contributed by atoms with Gasteiger partial charge in [0, 0.05) is 22.4 Å². The minimum Gasteiger partial charge on any atom is -0.859 e. The Kier molecular flexibility index (Phi) is 6.86. The van der Waals surface area contributed by atoms with Crippen LogP contribution >= 0.6 is 46.9 Å². The summed E-state index contributed by atoms with van der Waals surface area (Å²) >= 11 is 13.7. The number of thiazole rings is 1. The van der Waals surface area contributed by atoms with E-state index in [9.17, 15) is 5.11 Å². The van der Waals surface area contributed by atoms with E-state index in [0.29, 0.717) is 15.2 Å². The Morgan fingerprint density at radius 2 is 1.94 bits per heavy atom. The first kappa shape index (κ1) is 22.8. The lowest BCUT2D eigenvalue weighted by molar-refractivity contribution is -0.693. The highest BCUT2D eigenvalue weighted by molar-refractivity contribution is 7.13. The first-order chi connectivity index (χ1) is 15.1. The topological polar surface area (TPSA) is 57.1 Å². The van der Waals surface area contributed by atoms with Gasteiger partial charge in [0.2, 0.25) is 5.13 Å². The second-order valence-electron chi connectivity index (χ2n) is 7.33. The second-order valence-corrected chi connectivity index (χ2v) is 8.98. The SMILES string of the molecule is Cl.[O-]C(C[n+]1cc(-c2ccc(Cl)c(Cl)c2)n2c1CCC2)=Nc1nc(-c2ccccc2)cs1. The van der Waals surface area contributed by atoms with Gasteiger partial charge in [-0.05, 0) is 24.6 Å². The predicted octanol–water partition coefficient (Wildman–Crippen LogP) is 5.33. The van der Waals surface area contributed by atoms with E-state index in [2.05, 4.69) is 14.5 Å². The number of imidazole rings is 1. The van der Waals surface area contributed by atoms with Gasteiger partial charge in [0.1, 0.15) is 12.7 Å². The second kappa shape index (κ2) is 9.63. The summed E-state index contributed by atoms with van der Waals surface area (Å²) in [5.41, 5.74) is 3.85. The van der Waals surface area contributed by atoms with E-state index >= 15 is 0 Å². The van der Waals surface area contributed by atoms with Crippen molar-refractivity contribution >= 4 is 58.0 Å². The van der Waals surface area contributed by atoms with Gasteiger partial charge in [-0.15, -0.1) is 23.7 Å². The summed E-state index contributed by atoms with van der Waals surface area (Å²) in [7, 11) is 0. The third-order valence-corrected chi connectivity index (χ3v) is 6.77. The highest BCUT2D eigenvalue weighted by Gasteiger charge is 2.28. The van der Waals surface area contributed by atoms with Gasteiger partial charge in [0.25, 0.3) is 5.82 Å². The predicted molar refractivity (Wildman–Crippen MR) is 130 cm³/mol. The first-order valence-corrected chi connectivity index (χ1v) is 11.5. The van der Waals surface area contributed by atoms with E-state index < -0.39 is 0 Å². The van der Waals surface area contributed by atoms with Gasteiger partial charge in [0.15, 0.2) is 5.69 Å². The van der Waals surface area contributed by atoms with Gasteiger partial charge >= 0.3 is 0 Å². The van der Waals surface area contributed by atoms with Crippen molar-refractivity contribution in [3.63, 3.8) is 0 Å². The van der Waals surface area contributed by atoms with Gasteiger partial charge in [-0.1, -0.05) is 53.5 Å². The van der Waals surface area contributed by atoms with Crippen LogP contribution in [0.3, 0.4) is 0 Å². The molecule has 9 heteroatoms. The Hall–Kier alpha value is -2.38. The molecule has 0 fully saturated rings. The zero-order valence-electron chi connectivity index (χ0n) is 16.9.